The molecule has 1 fully saturated rings. The van der Waals surface area contributed by atoms with E-state index in [-0.39, 0.29) is 17.0 Å². The Hall–Kier alpha value is -0.960. The maximum Gasteiger partial charge on any atom is 0.244 e. The monoisotopic (exact) mass is 316 g/mol. The summed E-state index contributed by atoms with van der Waals surface area (Å²) in [5.41, 5.74) is 6.65. The summed E-state index contributed by atoms with van der Waals surface area (Å²) in [6, 6.07) is -0.170. The van der Waals surface area contributed by atoms with E-state index in [4.69, 9.17) is 10.5 Å². The van der Waals surface area contributed by atoms with Gasteiger partial charge in [0, 0.05) is 19.7 Å². The normalized spacial score (nSPS) is 22.9. The molecule has 2 atom stereocenters. The lowest BCUT2D eigenvalue weighted by molar-refractivity contribution is 0.0916. The van der Waals surface area contributed by atoms with Crippen LogP contribution in [0, 0.1) is 13.8 Å². The van der Waals surface area contributed by atoms with Gasteiger partial charge in [-0.05, 0) is 33.1 Å². The number of nitrogens with zero attached hydrogens (tertiary/aromatic N) is 2. The lowest BCUT2D eigenvalue weighted by Crippen LogP contribution is -2.41. The summed E-state index contributed by atoms with van der Waals surface area (Å²) in [6.07, 6.45) is 2.59. The third kappa shape index (κ3) is 3.28. The molecular weight excluding hydrogens is 292 g/mol. The first-order valence-corrected chi connectivity index (χ1v) is 8.68. The smallest absolute Gasteiger partial charge is 0.244 e. The van der Waals surface area contributed by atoms with Crippen LogP contribution in [-0.2, 0) is 21.3 Å². The van der Waals surface area contributed by atoms with Crippen LogP contribution >= 0.6 is 0 Å². The molecule has 0 aliphatic heterocycles. The highest BCUT2D eigenvalue weighted by molar-refractivity contribution is 7.89. The van der Waals surface area contributed by atoms with Crippen molar-refractivity contribution in [2.24, 2.45) is 5.73 Å². The molecule has 0 saturated heterocycles. The number of methoxy groups -OCH3 is 1. The minimum absolute atomic E-state index is 0.0560. The predicted octanol–water partition coefficient (Wildman–Crippen LogP) is 0.304. The van der Waals surface area contributed by atoms with Crippen molar-refractivity contribution in [2.75, 3.05) is 13.7 Å². The average molecular weight is 316 g/mol. The zero-order valence-corrected chi connectivity index (χ0v) is 13.6. The van der Waals surface area contributed by atoms with Crippen molar-refractivity contribution in [1.29, 1.82) is 0 Å². The number of hydrogen-bond acceptors (Lipinski definition) is 5. The van der Waals surface area contributed by atoms with Crippen LogP contribution in [-0.4, -0.2) is 44.0 Å². The molecule has 0 spiro atoms. The molecule has 1 heterocycles. The third-order valence-electron chi connectivity index (χ3n) is 3.99. The fourth-order valence-corrected chi connectivity index (χ4v) is 4.72. The fourth-order valence-electron chi connectivity index (χ4n) is 3.01. The highest BCUT2D eigenvalue weighted by Crippen LogP contribution is 2.25. The highest BCUT2D eigenvalue weighted by Gasteiger charge is 2.33. The topological polar surface area (TPSA) is 99.2 Å². The standard InChI is InChI=1S/C13H24N4O3S/c1-9-13(10(2)17(15-9)8-7-14)21(18,19)16-11-5-4-6-12(11)20-3/h11-12,16H,4-8,14H2,1-3H3. The molecule has 2 rings (SSSR count). The Balaban J connectivity index is 2.27. The van der Waals surface area contributed by atoms with Crippen molar-refractivity contribution < 1.29 is 13.2 Å². The van der Waals surface area contributed by atoms with Crippen LogP contribution in [0.15, 0.2) is 4.90 Å². The van der Waals surface area contributed by atoms with Gasteiger partial charge in [0.25, 0.3) is 0 Å². The summed E-state index contributed by atoms with van der Waals surface area (Å²) in [5, 5.41) is 4.27. The van der Waals surface area contributed by atoms with Gasteiger partial charge in [-0.1, -0.05) is 0 Å². The van der Waals surface area contributed by atoms with Crippen LogP contribution in [0.4, 0.5) is 0 Å². The minimum atomic E-state index is -3.60. The average Bonchev–Trinajstić information content (AvgIpc) is 2.94. The van der Waals surface area contributed by atoms with Crippen LogP contribution in [0.25, 0.3) is 0 Å². The first kappa shape index (κ1) is 16.4. The van der Waals surface area contributed by atoms with Gasteiger partial charge >= 0.3 is 0 Å². The Morgan fingerprint density at radius 2 is 2.14 bits per heavy atom. The molecule has 120 valence electrons. The van der Waals surface area contributed by atoms with Crippen LogP contribution in [0.2, 0.25) is 0 Å². The van der Waals surface area contributed by atoms with Crippen LogP contribution in [0.5, 0.6) is 0 Å². The Labute approximate surface area is 125 Å². The molecule has 0 aromatic carbocycles. The number of ether oxygens (including phenoxy) is 1. The lowest BCUT2D eigenvalue weighted by Gasteiger charge is -2.19. The zero-order chi connectivity index (χ0) is 15.6. The maximum atomic E-state index is 12.7. The third-order valence-corrected chi connectivity index (χ3v) is 5.73. The van der Waals surface area contributed by atoms with Crippen molar-refractivity contribution in [2.45, 2.75) is 56.7 Å². The molecular formula is C13H24N4O3S. The summed E-state index contributed by atoms with van der Waals surface area (Å²) < 4.78 is 35.1. The molecule has 2 unspecified atom stereocenters. The van der Waals surface area contributed by atoms with Crippen LogP contribution in [0.1, 0.15) is 30.7 Å². The molecule has 1 aliphatic carbocycles. The predicted molar refractivity (Wildman–Crippen MR) is 79.5 cm³/mol. The quantitative estimate of drug-likeness (QED) is 0.786. The van der Waals surface area contributed by atoms with E-state index in [1.165, 1.54) is 0 Å². The second-order valence-electron chi connectivity index (χ2n) is 5.44. The molecule has 7 nitrogen and oxygen atoms in total. The summed E-state index contributed by atoms with van der Waals surface area (Å²) in [6.45, 7) is 4.39. The fraction of sp³-hybridized carbons (Fsp3) is 0.769. The number of hydrogen-bond donors (Lipinski definition) is 2. The van der Waals surface area contributed by atoms with E-state index < -0.39 is 10.0 Å². The van der Waals surface area contributed by atoms with Crippen molar-refractivity contribution >= 4 is 10.0 Å². The largest absolute Gasteiger partial charge is 0.380 e. The van der Waals surface area contributed by atoms with Gasteiger partial charge in [-0.25, -0.2) is 13.1 Å². The van der Waals surface area contributed by atoms with Gasteiger partial charge in [-0.15, -0.1) is 0 Å². The summed E-state index contributed by atoms with van der Waals surface area (Å²) in [5.74, 6) is 0. The highest BCUT2D eigenvalue weighted by atomic mass is 32.2. The van der Waals surface area contributed by atoms with Gasteiger partial charge in [0.05, 0.1) is 24.0 Å². The molecule has 0 radical (unpaired) electrons. The van der Waals surface area contributed by atoms with E-state index in [0.29, 0.717) is 24.5 Å². The Morgan fingerprint density at radius 1 is 1.43 bits per heavy atom. The van der Waals surface area contributed by atoms with Crippen LogP contribution in [0.3, 0.4) is 0 Å². The van der Waals surface area contributed by atoms with Crippen LogP contribution < -0.4 is 10.5 Å². The van der Waals surface area contributed by atoms with Gasteiger partial charge in [0.1, 0.15) is 4.90 Å². The van der Waals surface area contributed by atoms with E-state index in [1.807, 2.05) is 0 Å². The minimum Gasteiger partial charge on any atom is -0.380 e. The number of nitrogens with one attached hydrogen (secondary N) is 1. The second-order valence-corrected chi connectivity index (χ2v) is 7.10. The van der Waals surface area contributed by atoms with E-state index in [2.05, 4.69) is 9.82 Å². The first-order chi connectivity index (χ1) is 9.90. The lowest BCUT2D eigenvalue weighted by atomic mass is 10.2. The summed E-state index contributed by atoms with van der Waals surface area (Å²) in [4.78, 5) is 0.262. The Kier molecular flexibility index (Phi) is 5.03. The first-order valence-electron chi connectivity index (χ1n) is 7.20. The number of aromatic nitrogens is 2. The van der Waals surface area contributed by atoms with E-state index in [9.17, 15) is 8.42 Å². The van der Waals surface area contributed by atoms with Gasteiger partial charge in [0.2, 0.25) is 10.0 Å². The van der Waals surface area contributed by atoms with E-state index in [0.717, 1.165) is 19.3 Å². The van der Waals surface area contributed by atoms with Gasteiger partial charge in [0.15, 0.2) is 0 Å². The molecule has 1 aliphatic rings. The van der Waals surface area contributed by atoms with E-state index in [1.54, 1.807) is 25.6 Å². The molecule has 21 heavy (non-hydrogen) atoms. The number of nitrogens with two attached hydrogens (primary N) is 1. The van der Waals surface area contributed by atoms with Gasteiger partial charge < -0.3 is 10.5 Å². The second kappa shape index (κ2) is 6.43. The van der Waals surface area contributed by atoms with Crippen molar-refractivity contribution in [1.82, 2.24) is 14.5 Å². The van der Waals surface area contributed by atoms with Crippen molar-refractivity contribution in [3.05, 3.63) is 11.4 Å². The zero-order valence-electron chi connectivity index (χ0n) is 12.8. The number of rotatable bonds is 6. The molecule has 0 amide bonds. The Morgan fingerprint density at radius 3 is 2.76 bits per heavy atom. The van der Waals surface area contributed by atoms with Gasteiger partial charge in [-0.3, -0.25) is 4.68 Å². The summed E-state index contributed by atoms with van der Waals surface area (Å²) >= 11 is 0. The number of aryl methyl sites for hydroxylation is 1. The molecule has 1 saturated carbocycles. The molecule has 8 heteroatoms. The maximum absolute atomic E-state index is 12.7. The molecule has 1 aromatic heterocycles. The van der Waals surface area contributed by atoms with Crippen molar-refractivity contribution in [3.8, 4) is 0 Å². The SMILES string of the molecule is COC1CCCC1NS(=O)(=O)c1c(C)nn(CCN)c1C. The summed E-state index contributed by atoms with van der Waals surface area (Å²) in [7, 11) is -1.98. The number of sulfonamides is 1. The van der Waals surface area contributed by atoms with Crippen molar-refractivity contribution in [3.63, 3.8) is 0 Å². The molecule has 3 N–H and O–H groups in total. The Bertz CT molecular complexity index is 597. The van der Waals surface area contributed by atoms with E-state index >= 15 is 0 Å². The van der Waals surface area contributed by atoms with Gasteiger partial charge in [-0.2, -0.15) is 5.10 Å². The molecule has 0 bridgehead atoms. The molecule has 1 aromatic rings.